The lowest BCUT2D eigenvalue weighted by Crippen LogP contribution is -2.41. The number of piperidine rings is 1. The Balaban J connectivity index is 1.55. The largest absolute Gasteiger partial charge is 0.445 e. The molecule has 1 saturated heterocycles. The van der Waals surface area contributed by atoms with Crippen LogP contribution in [0.1, 0.15) is 24.4 Å². The molecule has 2 heterocycles. The van der Waals surface area contributed by atoms with Gasteiger partial charge in [0.2, 0.25) is 0 Å². The van der Waals surface area contributed by atoms with Crippen LogP contribution in [0.4, 0.5) is 4.79 Å². The zero-order valence-electron chi connectivity index (χ0n) is 11.8. The fourth-order valence-electron chi connectivity index (χ4n) is 2.56. The van der Waals surface area contributed by atoms with Gasteiger partial charge in [-0.15, -0.1) is 5.10 Å². The van der Waals surface area contributed by atoms with E-state index in [1.807, 2.05) is 41.2 Å². The second kappa shape index (κ2) is 6.39. The molecule has 3 rings (SSSR count). The van der Waals surface area contributed by atoms with Gasteiger partial charge in [0.1, 0.15) is 6.61 Å². The normalized spacial score (nSPS) is 18.5. The number of hydrogen-bond acceptors (Lipinski definition) is 4. The van der Waals surface area contributed by atoms with Crippen LogP contribution < -0.4 is 0 Å². The van der Waals surface area contributed by atoms with Crippen molar-refractivity contribution in [2.75, 3.05) is 13.1 Å². The van der Waals surface area contributed by atoms with Crippen molar-refractivity contribution in [2.45, 2.75) is 25.5 Å². The summed E-state index contributed by atoms with van der Waals surface area (Å²) in [6.07, 6.45) is 5.19. The minimum absolute atomic E-state index is 0.186. The first kappa shape index (κ1) is 13.6. The average molecular weight is 286 g/mol. The highest BCUT2D eigenvalue weighted by molar-refractivity contribution is 5.67. The topological polar surface area (TPSA) is 60.2 Å². The molecule has 6 nitrogen and oxygen atoms in total. The number of benzene rings is 1. The molecule has 0 N–H and O–H groups in total. The van der Waals surface area contributed by atoms with Crippen LogP contribution >= 0.6 is 0 Å². The summed E-state index contributed by atoms with van der Waals surface area (Å²) in [5.41, 5.74) is 0.996. The van der Waals surface area contributed by atoms with E-state index >= 15 is 0 Å². The number of aromatic nitrogens is 3. The second-order valence-corrected chi connectivity index (χ2v) is 5.17. The number of nitrogens with zero attached hydrogens (tertiary/aromatic N) is 4. The van der Waals surface area contributed by atoms with Gasteiger partial charge in [-0.1, -0.05) is 35.5 Å². The summed E-state index contributed by atoms with van der Waals surface area (Å²) in [7, 11) is 0. The van der Waals surface area contributed by atoms with Crippen LogP contribution in [-0.2, 0) is 11.3 Å². The maximum atomic E-state index is 12.1. The number of amides is 1. The molecule has 6 heteroatoms. The quantitative estimate of drug-likeness (QED) is 0.868. The van der Waals surface area contributed by atoms with E-state index in [1.165, 1.54) is 0 Å². The van der Waals surface area contributed by atoms with Crippen LogP contribution in [0.25, 0.3) is 0 Å². The molecule has 0 saturated carbocycles. The number of carbonyl (C=O) groups excluding carboxylic acids is 1. The average Bonchev–Trinajstić information content (AvgIpc) is 3.08. The van der Waals surface area contributed by atoms with E-state index in [0.29, 0.717) is 13.2 Å². The van der Waals surface area contributed by atoms with E-state index in [2.05, 4.69) is 10.3 Å². The fraction of sp³-hybridized carbons (Fsp3) is 0.400. The molecule has 21 heavy (non-hydrogen) atoms. The number of ether oxygens (including phenoxy) is 1. The van der Waals surface area contributed by atoms with Crippen molar-refractivity contribution < 1.29 is 9.53 Å². The van der Waals surface area contributed by atoms with Gasteiger partial charge in [0.05, 0.1) is 12.2 Å². The van der Waals surface area contributed by atoms with Gasteiger partial charge in [0.15, 0.2) is 0 Å². The predicted molar refractivity (Wildman–Crippen MR) is 76.5 cm³/mol. The minimum atomic E-state index is -0.260. The lowest BCUT2D eigenvalue weighted by Gasteiger charge is -2.31. The summed E-state index contributed by atoms with van der Waals surface area (Å²) in [6.45, 7) is 1.67. The van der Waals surface area contributed by atoms with Crippen molar-refractivity contribution in [1.29, 1.82) is 0 Å². The van der Waals surface area contributed by atoms with Gasteiger partial charge in [0, 0.05) is 19.3 Å². The SMILES string of the molecule is O=C(OCc1ccccc1)N1CCCC(n2ccnn2)C1. The summed E-state index contributed by atoms with van der Waals surface area (Å²) in [5.74, 6) is 0. The van der Waals surface area contributed by atoms with Crippen molar-refractivity contribution >= 4 is 6.09 Å². The minimum Gasteiger partial charge on any atom is -0.445 e. The molecule has 0 spiro atoms. The number of likely N-dealkylation sites (tertiary alicyclic amines) is 1. The Morgan fingerprint density at radius 3 is 2.95 bits per heavy atom. The van der Waals surface area contributed by atoms with Gasteiger partial charge in [0.25, 0.3) is 0 Å². The molecule has 0 aliphatic carbocycles. The summed E-state index contributed by atoms with van der Waals surface area (Å²) in [6, 6.07) is 9.89. The zero-order valence-corrected chi connectivity index (χ0v) is 11.8. The van der Waals surface area contributed by atoms with Crippen LogP contribution in [-0.4, -0.2) is 39.1 Å². The van der Waals surface area contributed by atoms with Crippen molar-refractivity contribution in [3.05, 3.63) is 48.3 Å². The summed E-state index contributed by atoms with van der Waals surface area (Å²) >= 11 is 0. The van der Waals surface area contributed by atoms with Crippen LogP contribution in [0.5, 0.6) is 0 Å². The number of hydrogen-bond donors (Lipinski definition) is 0. The lowest BCUT2D eigenvalue weighted by molar-refractivity contribution is 0.0786. The van der Waals surface area contributed by atoms with Crippen LogP contribution in [0.3, 0.4) is 0 Å². The van der Waals surface area contributed by atoms with Crippen molar-refractivity contribution in [3.8, 4) is 0 Å². The maximum Gasteiger partial charge on any atom is 0.410 e. The van der Waals surface area contributed by atoms with Gasteiger partial charge in [-0.2, -0.15) is 0 Å². The molecule has 1 amide bonds. The van der Waals surface area contributed by atoms with E-state index in [4.69, 9.17) is 4.74 Å². The number of carbonyl (C=O) groups is 1. The molecule has 1 aliphatic rings. The van der Waals surface area contributed by atoms with Gasteiger partial charge in [-0.05, 0) is 18.4 Å². The molecular formula is C15H18N4O2. The van der Waals surface area contributed by atoms with Crippen molar-refractivity contribution in [2.24, 2.45) is 0 Å². The molecule has 1 aliphatic heterocycles. The first-order valence-corrected chi connectivity index (χ1v) is 7.14. The Morgan fingerprint density at radius 2 is 2.19 bits per heavy atom. The molecule has 110 valence electrons. The van der Waals surface area contributed by atoms with Gasteiger partial charge < -0.3 is 9.64 Å². The highest BCUT2D eigenvalue weighted by Gasteiger charge is 2.26. The summed E-state index contributed by atoms with van der Waals surface area (Å²) in [5, 5.41) is 7.84. The summed E-state index contributed by atoms with van der Waals surface area (Å²) in [4.78, 5) is 13.9. The van der Waals surface area contributed by atoms with E-state index in [-0.39, 0.29) is 12.1 Å². The standard InChI is InChI=1S/C15H18N4O2/c20-15(21-12-13-5-2-1-3-6-13)18-9-4-7-14(11-18)19-10-8-16-17-19/h1-3,5-6,8,10,14H,4,7,9,11-12H2. The molecule has 1 unspecified atom stereocenters. The molecule has 0 bridgehead atoms. The maximum absolute atomic E-state index is 12.1. The van der Waals surface area contributed by atoms with Gasteiger partial charge in [-0.3, -0.25) is 0 Å². The van der Waals surface area contributed by atoms with E-state index in [9.17, 15) is 4.79 Å². The monoisotopic (exact) mass is 286 g/mol. The summed E-state index contributed by atoms with van der Waals surface area (Å²) < 4.78 is 7.19. The molecule has 1 aromatic carbocycles. The second-order valence-electron chi connectivity index (χ2n) is 5.17. The molecule has 0 radical (unpaired) electrons. The van der Waals surface area contributed by atoms with Crippen molar-refractivity contribution in [1.82, 2.24) is 19.9 Å². The molecule has 1 fully saturated rings. The Labute approximate surface area is 123 Å². The fourth-order valence-corrected chi connectivity index (χ4v) is 2.56. The molecule has 2 aromatic rings. The van der Waals surface area contributed by atoms with Crippen molar-refractivity contribution in [3.63, 3.8) is 0 Å². The molecule has 1 atom stereocenters. The first-order valence-electron chi connectivity index (χ1n) is 7.14. The zero-order chi connectivity index (χ0) is 14.5. The third-order valence-electron chi connectivity index (χ3n) is 3.67. The van der Waals surface area contributed by atoms with Crippen LogP contribution in [0, 0.1) is 0 Å². The van der Waals surface area contributed by atoms with E-state index in [0.717, 1.165) is 24.9 Å². The third kappa shape index (κ3) is 3.39. The van der Waals surface area contributed by atoms with E-state index in [1.54, 1.807) is 11.1 Å². The number of rotatable bonds is 3. The molecule has 1 aromatic heterocycles. The third-order valence-corrected chi connectivity index (χ3v) is 3.67. The first-order chi connectivity index (χ1) is 10.3. The Bertz CT molecular complexity index is 571. The van der Waals surface area contributed by atoms with Gasteiger partial charge >= 0.3 is 6.09 Å². The Hall–Kier alpha value is -2.37. The Morgan fingerprint density at radius 1 is 1.33 bits per heavy atom. The van der Waals surface area contributed by atoms with Gasteiger partial charge in [-0.25, -0.2) is 9.48 Å². The Kier molecular flexibility index (Phi) is 4.14. The smallest absolute Gasteiger partial charge is 0.410 e. The molecular weight excluding hydrogens is 268 g/mol. The van der Waals surface area contributed by atoms with Crippen LogP contribution in [0.15, 0.2) is 42.7 Å². The predicted octanol–water partition coefficient (Wildman–Crippen LogP) is 2.25. The van der Waals surface area contributed by atoms with Crippen LogP contribution in [0.2, 0.25) is 0 Å². The lowest BCUT2D eigenvalue weighted by atomic mass is 10.1. The van der Waals surface area contributed by atoms with E-state index < -0.39 is 0 Å². The highest BCUT2D eigenvalue weighted by Crippen LogP contribution is 2.21. The highest BCUT2D eigenvalue weighted by atomic mass is 16.6.